The second-order valence-electron chi connectivity index (χ2n) is 8.61. The first-order valence-electron chi connectivity index (χ1n) is 9.90. The molecule has 7 heteroatoms. The number of hydrogen-bond donors (Lipinski definition) is 2. The van der Waals surface area contributed by atoms with E-state index in [0.717, 1.165) is 44.6 Å². The average molecular weight is 368 g/mol. The first kappa shape index (κ1) is 20.8. The molecule has 0 bridgehead atoms. The molecule has 0 radical (unpaired) electrons. The summed E-state index contributed by atoms with van der Waals surface area (Å²) in [5.41, 5.74) is -0.468. The number of likely N-dealkylation sites (tertiary alicyclic amines) is 1. The quantitative estimate of drug-likeness (QED) is 0.555. The number of aliphatic imine (C=N–C) groups is 1. The molecule has 7 nitrogen and oxygen atoms in total. The highest BCUT2D eigenvalue weighted by atomic mass is 16.6. The monoisotopic (exact) mass is 367 g/mol. The molecule has 1 saturated carbocycles. The van der Waals surface area contributed by atoms with Crippen LogP contribution in [0.3, 0.4) is 0 Å². The molecule has 0 spiro atoms. The van der Waals surface area contributed by atoms with Crippen LogP contribution in [0.5, 0.6) is 0 Å². The molecule has 1 amide bonds. The molecule has 1 heterocycles. The molecular weight excluding hydrogens is 330 g/mol. The molecule has 150 valence electrons. The van der Waals surface area contributed by atoms with Crippen LogP contribution < -0.4 is 10.6 Å². The number of guanidine groups is 1. The van der Waals surface area contributed by atoms with E-state index in [1.807, 2.05) is 27.8 Å². The molecule has 0 aromatic heterocycles. The Bertz CT molecular complexity index is 495. The Morgan fingerprint density at radius 1 is 1.31 bits per heavy atom. The summed E-state index contributed by atoms with van der Waals surface area (Å²) in [7, 11) is 1.82. The fourth-order valence-electron chi connectivity index (χ4n) is 3.44. The second-order valence-corrected chi connectivity index (χ2v) is 8.61. The van der Waals surface area contributed by atoms with E-state index in [1.165, 1.54) is 12.8 Å². The Labute approximate surface area is 158 Å². The Hall–Kier alpha value is -1.50. The number of hydrogen-bond acceptors (Lipinski definition) is 4. The molecule has 2 rings (SSSR count). The minimum atomic E-state index is -0.468. The fraction of sp³-hybridized carbons (Fsp3) is 0.895. The normalized spacial score (nSPS) is 21.5. The summed E-state index contributed by atoms with van der Waals surface area (Å²) in [5, 5.41) is 6.44. The Morgan fingerprint density at radius 3 is 2.54 bits per heavy atom. The predicted octanol–water partition coefficient (Wildman–Crippen LogP) is 2.03. The Kier molecular flexibility index (Phi) is 7.15. The molecule has 1 aliphatic heterocycles. The Morgan fingerprint density at radius 2 is 2.00 bits per heavy atom. The highest BCUT2D eigenvalue weighted by Gasteiger charge is 2.31. The van der Waals surface area contributed by atoms with E-state index in [2.05, 4.69) is 39.3 Å². The maximum Gasteiger partial charge on any atom is 0.407 e. The molecule has 0 aromatic rings. The van der Waals surface area contributed by atoms with E-state index in [-0.39, 0.29) is 12.1 Å². The van der Waals surface area contributed by atoms with Gasteiger partial charge >= 0.3 is 6.09 Å². The molecule has 0 unspecified atom stereocenters. The van der Waals surface area contributed by atoms with Gasteiger partial charge in [0.2, 0.25) is 0 Å². The van der Waals surface area contributed by atoms with E-state index >= 15 is 0 Å². The van der Waals surface area contributed by atoms with Gasteiger partial charge in [0.05, 0.1) is 6.04 Å². The number of carbonyl (C=O) groups excluding carboxylic acids is 1. The van der Waals surface area contributed by atoms with Crippen molar-refractivity contribution in [3.8, 4) is 0 Å². The van der Waals surface area contributed by atoms with Crippen molar-refractivity contribution in [3.05, 3.63) is 0 Å². The molecule has 1 atom stereocenters. The van der Waals surface area contributed by atoms with Gasteiger partial charge in [-0.05, 0) is 53.9 Å². The van der Waals surface area contributed by atoms with Crippen molar-refractivity contribution in [2.45, 2.75) is 77.6 Å². The summed E-state index contributed by atoms with van der Waals surface area (Å²) >= 11 is 0. The molecule has 2 fully saturated rings. The molecule has 26 heavy (non-hydrogen) atoms. The number of ether oxygens (including phenoxy) is 1. The lowest BCUT2D eigenvalue weighted by Gasteiger charge is -2.28. The predicted molar refractivity (Wildman–Crippen MR) is 106 cm³/mol. The van der Waals surface area contributed by atoms with Crippen LogP contribution >= 0.6 is 0 Å². The largest absolute Gasteiger partial charge is 0.444 e. The van der Waals surface area contributed by atoms with Crippen LogP contribution in [0.15, 0.2) is 4.99 Å². The number of nitrogens with one attached hydrogen (secondary N) is 2. The molecule has 2 aliphatic rings. The van der Waals surface area contributed by atoms with Crippen molar-refractivity contribution >= 4 is 12.1 Å². The molecule has 0 aromatic carbocycles. The second kappa shape index (κ2) is 8.93. The summed E-state index contributed by atoms with van der Waals surface area (Å²) in [6, 6.07) is 1.45. The van der Waals surface area contributed by atoms with E-state index < -0.39 is 5.60 Å². The third-order valence-corrected chi connectivity index (χ3v) is 4.75. The maximum atomic E-state index is 11.9. The molecule has 1 saturated heterocycles. The van der Waals surface area contributed by atoms with Gasteiger partial charge in [-0.2, -0.15) is 0 Å². The number of rotatable bonds is 6. The van der Waals surface area contributed by atoms with Crippen molar-refractivity contribution < 1.29 is 9.53 Å². The lowest BCUT2D eigenvalue weighted by molar-refractivity contribution is 0.0507. The molecule has 2 N–H and O–H groups in total. The summed E-state index contributed by atoms with van der Waals surface area (Å²) in [5.74, 6) is 0.915. The van der Waals surface area contributed by atoms with Crippen LogP contribution in [0, 0.1) is 0 Å². The van der Waals surface area contributed by atoms with Crippen LogP contribution in [0.2, 0.25) is 0 Å². The summed E-state index contributed by atoms with van der Waals surface area (Å²) in [4.78, 5) is 21.1. The molecular formula is C19H37N5O2. The van der Waals surface area contributed by atoms with Crippen LogP contribution in [0.25, 0.3) is 0 Å². The summed E-state index contributed by atoms with van der Waals surface area (Å²) < 4.78 is 5.34. The highest BCUT2D eigenvalue weighted by Crippen LogP contribution is 2.27. The topological polar surface area (TPSA) is 69.2 Å². The zero-order valence-electron chi connectivity index (χ0n) is 17.3. The first-order chi connectivity index (χ1) is 12.2. The summed E-state index contributed by atoms with van der Waals surface area (Å²) in [6.45, 7) is 13.7. The average Bonchev–Trinajstić information content (AvgIpc) is 3.25. The maximum absolute atomic E-state index is 11.9. The van der Waals surface area contributed by atoms with Crippen molar-refractivity contribution in [1.29, 1.82) is 0 Å². The van der Waals surface area contributed by atoms with Gasteiger partial charge in [-0.25, -0.2) is 4.79 Å². The van der Waals surface area contributed by atoms with Crippen molar-refractivity contribution in [2.24, 2.45) is 4.99 Å². The van der Waals surface area contributed by atoms with Gasteiger partial charge in [-0.15, -0.1) is 0 Å². The van der Waals surface area contributed by atoms with Gasteiger partial charge in [0.1, 0.15) is 5.60 Å². The van der Waals surface area contributed by atoms with Crippen LogP contribution in [-0.2, 0) is 4.74 Å². The zero-order valence-corrected chi connectivity index (χ0v) is 17.3. The van der Waals surface area contributed by atoms with Gasteiger partial charge in [0.15, 0.2) is 5.96 Å². The number of alkyl carbamates (subject to hydrolysis) is 1. The third kappa shape index (κ3) is 6.67. The smallest absolute Gasteiger partial charge is 0.407 e. The van der Waals surface area contributed by atoms with Crippen molar-refractivity contribution in [1.82, 2.24) is 20.4 Å². The highest BCUT2D eigenvalue weighted by molar-refractivity contribution is 5.80. The standard InChI is InChI=1S/C19H37N5O2/c1-14(2)24(16-7-8-16)12-10-21-17(20-6)23-11-9-15(13-23)22-18(25)26-19(3,4)5/h14-16H,7-13H2,1-6H3,(H,20,21)(H,22,25)/t15-/m1/s1. The summed E-state index contributed by atoms with van der Waals surface area (Å²) in [6.07, 6.45) is 3.22. The van der Waals surface area contributed by atoms with Crippen LogP contribution in [0.1, 0.15) is 53.9 Å². The minimum absolute atomic E-state index is 0.0991. The van der Waals surface area contributed by atoms with Crippen molar-refractivity contribution in [2.75, 3.05) is 33.2 Å². The van der Waals surface area contributed by atoms with Gasteiger partial charge in [-0.1, -0.05) is 0 Å². The Balaban J connectivity index is 1.74. The van der Waals surface area contributed by atoms with Gasteiger partial charge in [-0.3, -0.25) is 9.89 Å². The lowest BCUT2D eigenvalue weighted by atomic mass is 10.2. The van der Waals surface area contributed by atoms with E-state index in [4.69, 9.17) is 4.74 Å². The van der Waals surface area contributed by atoms with Gasteiger partial charge in [0.25, 0.3) is 0 Å². The van der Waals surface area contributed by atoms with Gasteiger partial charge in [0, 0.05) is 45.3 Å². The number of nitrogens with zero attached hydrogens (tertiary/aromatic N) is 3. The van der Waals surface area contributed by atoms with E-state index in [1.54, 1.807) is 0 Å². The van der Waals surface area contributed by atoms with E-state index in [0.29, 0.717) is 6.04 Å². The van der Waals surface area contributed by atoms with Gasteiger partial charge < -0.3 is 20.3 Å². The first-order valence-corrected chi connectivity index (χ1v) is 9.90. The third-order valence-electron chi connectivity index (χ3n) is 4.75. The SMILES string of the molecule is CN=C(NCCN(C(C)C)C1CC1)N1CC[C@@H](NC(=O)OC(C)(C)C)C1. The lowest BCUT2D eigenvalue weighted by Crippen LogP contribution is -2.46. The fourth-order valence-corrected chi connectivity index (χ4v) is 3.44. The zero-order chi connectivity index (χ0) is 19.3. The van der Waals surface area contributed by atoms with Crippen LogP contribution in [-0.4, -0.2) is 78.8 Å². The van der Waals surface area contributed by atoms with Crippen molar-refractivity contribution in [3.63, 3.8) is 0 Å². The van der Waals surface area contributed by atoms with Crippen LogP contribution in [0.4, 0.5) is 4.79 Å². The number of carbonyl (C=O) groups is 1. The molecule has 1 aliphatic carbocycles. The van der Waals surface area contributed by atoms with E-state index in [9.17, 15) is 4.79 Å². The minimum Gasteiger partial charge on any atom is -0.444 e. The number of amides is 1.